The Balaban J connectivity index is 0.989. The second kappa shape index (κ2) is 19.3. The molecule has 76 heavy (non-hydrogen) atoms. The third-order valence-corrected chi connectivity index (χ3v) is 22.8. The molecular formula is C74H63NSi. The Bertz CT molecular complexity index is 4260. The number of hydrogen-bond donors (Lipinski definition) is 0. The van der Waals surface area contributed by atoms with Crippen LogP contribution >= 0.6 is 0 Å². The van der Waals surface area contributed by atoms with Crippen molar-refractivity contribution in [2.24, 2.45) is 0 Å². The van der Waals surface area contributed by atoms with E-state index in [-0.39, 0.29) is 0 Å². The molecule has 0 N–H and O–H groups in total. The van der Waals surface area contributed by atoms with E-state index < -0.39 is 8.07 Å². The van der Waals surface area contributed by atoms with Crippen LogP contribution in [0.2, 0.25) is 12.1 Å². The van der Waals surface area contributed by atoms with E-state index in [1.807, 2.05) is 0 Å². The maximum Gasteiger partial charge on any atom is 0.119 e. The van der Waals surface area contributed by atoms with E-state index in [1.165, 1.54) is 189 Å². The van der Waals surface area contributed by atoms with Crippen molar-refractivity contribution >= 4 is 94.1 Å². The van der Waals surface area contributed by atoms with Crippen molar-refractivity contribution in [3.05, 3.63) is 224 Å². The molecule has 14 rings (SSSR count). The second-order valence-electron chi connectivity index (χ2n) is 21.8. The van der Waals surface area contributed by atoms with Gasteiger partial charge >= 0.3 is 0 Å². The Kier molecular flexibility index (Phi) is 11.8. The summed E-state index contributed by atoms with van der Waals surface area (Å²) in [6.45, 7) is 4.70. The summed E-state index contributed by atoms with van der Waals surface area (Å²) in [6.07, 6.45) is 10.5. The molecule has 0 saturated heterocycles. The number of nitrogens with zero attached hydrogens (tertiary/aromatic N) is 1. The van der Waals surface area contributed by atoms with Crippen molar-refractivity contribution in [1.82, 2.24) is 4.57 Å². The van der Waals surface area contributed by atoms with Crippen molar-refractivity contribution in [3.8, 4) is 50.2 Å². The van der Waals surface area contributed by atoms with Crippen LogP contribution < -0.4 is 10.4 Å². The number of aromatic nitrogens is 1. The van der Waals surface area contributed by atoms with Gasteiger partial charge in [-0.3, -0.25) is 0 Å². The Morgan fingerprint density at radius 2 is 0.724 bits per heavy atom. The van der Waals surface area contributed by atoms with Crippen LogP contribution in [0.25, 0.3) is 126 Å². The molecule has 0 fully saturated rings. The maximum absolute atomic E-state index is 2.65. The average molecular weight is 994 g/mol. The van der Waals surface area contributed by atoms with Crippen LogP contribution in [0, 0.1) is 0 Å². The van der Waals surface area contributed by atoms with Gasteiger partial charge < -0.3 is 4.57 Å². The molecule has 1 aliphatic rings. The van der Waals surface area contributed by atoms with Gasteiger partial charge in [-0.05, 0) is 163 Å². The third-order valence-electron chi connectivity index (χ3n) is 17.5. The molecule has 1 aliphatic heterocycles. The van der Waals surface area contributed by atoms with Gasteiger partial charge in [0.05, 0.1) is 11.0 Å². The van der Waals surface area contributed by atoms with Crippen LogP contribution in [0.15, 0.2) is 224 Å². The summed E-state index contributed by atoms with van der Waals surface area (Å²) >= 11 is 0. The van der Waals surface area contributed by atoms with Gasteiger partial charge in [-0.2, -0.15) is 0 Å². The summed E-state index contributed by atoms with van der Waals surface area (Å²) in [5.41, 5.74) is 14.3. The lowest BCUT2D eigenvalue weighted by Gasteiger charge is -2.31. The van der Waals surface area contributed by atoms with E-state index in [4.69, 9.17) is 0 Å². The first-order valence-electron chi connectivity index (χ1n) is 28.3. The number of hydrogen-bond acceptors (Lipinski definition) is 0. The summed E-state index contributed by atoms with van der Waals surface area (Å²) in [7, 11) is -2.10. The lowest BCUT2D eigenvalue weighted by molar-refractivity contribution is 0.684. The van der Waals surface area contributed by atoms with E-state index in [9.17, 15) is 0 Å². The molecule has 0 radical (unpaired) electrons. The Morgan fingerprint density at radius 1 is 0.303 bits per heavy atom. The quantitative estimate of drug-likeness (QED) is 0.0581. The van der Waals surface area contributed by atoms with Crippen LogP contribution in [0.3, 0.4) is 0 Å². The predicted molar refractivity (Wildman–Crippen MR) is 333 cm³/mol. The first kappa shape index (κ1) is 46.5. The van der Waals surface area contributed by atoms with E-state index >= 15 is 0 Å². The number of rotatable bonds is 14. The van der Waals surface area contributed by atoms with Crippen molar-refractivity contribution in [3.63, 3.8) is 0 Å². The topological polar surface area (TPSA) is 4.93 Å². The summed E-state index contributed by atoms with van der Waals surface area (Å²) < 4.78 is 2.41. The second-order valence-corrected chi connectivity index (χ2v) is 26.1. The molecule has 2 heteroatoms. The van der Waals surface area contributed by atoms with E-state index in [0.29, 0.717) is 0 Å². The largest absolute Gasteiger partial charge is 0.309 e. The van der Waals surface area contributed by atoms with E-state index in [0.717, 1.165) is 0 Å². The fourth-order valence-electron chi connectivity index (χ4n) is 14.1. The maximum atomic E-state index is 2.65. The predicted octanol–water partition coefficient (Wildman–Crippen LogP) is 20.3. The van der Waals surface area contributed by atoms with Gasteiger partial charge in [-0.15, -0.1) is 0 Å². The Labute approximate surface area is 448 Å². The minimum absolute atomic E-state index is 1.17. The van der Waals surface area contributed by atoms with Gasteiger partial charge in [0.2, 0.25) is 0 Å². The molecule has 0 spiro atoms. The monoisotopic (exact) mass is 993 g/mol. The molecule has 2 heterocycles. The number of unbranched alkanes of at least 4 members (excludes halogenated alkanes) is 6. The number of fused-ring (bicyclic) bond motifs is 11. The Morgan fingerprint density at radius 3 is 1.26 bits per heavy atom. The number of para-hydroxylation sites is 2. The highest BCUT2D eigenvalue weighted by molar-refractivity contribution is 7.05. The molecule has 12 aromatic carbocycles. The molecule has 0 unspecified atom stereocenters. The zero-order valence-corrected chi connectivity index (χ0v) is 44.9. The van der Waals surface area contributed by atoms with Gasteiger partial charge in [0.25, 0.3) is 0 Å². The minimum atomic E-state index is -2.10. The molecule has 0 amide bonds. The number of benzene rings is 12. The van der Waals surface area contributed by atoms with Crippen LogP contribution in [-0.4, -0.2) is 12.6 Å². The third kappa shape index (κ3) is 7.40. The van der Waals surface area contributed by atoms with Gasteiger partial charge in [0.1, 0.15) is 8.07 Å². The molecule has 1 nitrogen and oxygen atoms in total. The van der Waals surface area contributed by atoms with Crippen LogP contribution in [-0.2, 0) is 0 Å². The molecular weight excluding hydrogens is 931 g/mol. The minimum Gasteiger partial charge on any atom is -0.309 e. The lowest BCUT2D eigenvalue weighted by atomic mass is 9.81. The van der Waals surface area contributed by atoms with Gasteiger partial charge in [-0.1, -0.05) is 247 Å². The van der Waals surface area contributed by atoms with Gasteiger partial charge in [0, 0.05) is 16.5 Å². The molecule has 0 atom stereocenters. The van der Waals surface area contributed by atoms with E-state index in [1.54, 1.807) is 10.4 Å². The SMILES string of the molecule is CCCCCC[Si]1(CCCCCC)c2ccc(-c3c4ccccc4c(-c4c5ccccc5c(-c5ccc6c(c5)c5ccccc5n6-c5ccccc5)c5ccccc45)c4ccccc34)cc2-c2cc3ccccc3cc21. The molecule has 13 aromatic rings. The van der Waals surface area contributed by atoms with Crippen molar-refractivity contribution in [2.45, 2.75) is 77.3 Å². The zero-order chi connectivity index (χ0) is 50.7. The Hall–Kier alpha value is -8.04. The highest BCUT2D eigenvalue weighted by Gasteiger charge is 2.45. The summed E-state index contributed by atoms with van der Waals surface area (Å²) in [6, 6.07) is 88.7. The molecule has 0 bridgehead atoms. The highest BCUT2D eigenvalue weighted by atomic mass is 28.3. The molecule has 368 valence electrons. The first-order valence-corrected chi connectivity index (χ1v) is 30.7. The fraction of sp³-hybridized carbons (Fsp3) is 0.162. The van der Waals surface area contributed by atoms with E-state index in [2.05, 4.69) is 243 Å². The van der Waals surface area contributed by atoms with Crippen LogP contribution in [0.4, 0.5) is 0 Å². The summed E-state index contributed by atoms with van der Waals surface area (Å²) in [4.78, 5) is 0. The molecule has 1 aromatic heterocycles. The highest BCUT2D eigenvalue weighted by Crippen LogP contribution is 2.51. The standard InChI is InChI=1S/C74H63NSi/c1-3-5-7-24-44-76(45-25-8-6-4-2)69-43-41-53(48-65(69)66-46-50-26-12-13-27-51(50)49-70(66)76)72-58-33-16-20-37-62(58)74(63-38-21-17-34-59(63)72)73-60-35-18-14-31-56(60)71(57-32-15-19-36-61(57)73)52-40-42-68-64(47-52)55-30-22-23-39-67(55)75(68)54-28-10-9-11-29-54/h9-23,26-43,46-49H,3-8,24-25,44-45H2,1-2H3. The van der Waals surface area contributed by atoms with Crippen LogP contribution in [0.5, 0.6) is 0 Å². The first-order chi connectivity index (χ1) is 37.6. The van der Waals surface area contributed by atoms with Crippen molar-refractivity contribution in [1.29, 1.82) is 0 Å². The summed E-state index contributed by atoms with van der Waals surface area (Å²) in [5.74, 6) is 0. The van der Waals surface area contributed by atoms with Gasteiger partial charge in [0.15, 0.2) is 0 Å². The molecule has 0 saturated carbocycles. The normalized spacial score (nSPS) is 13.0. The molecule has 0 aliphatic carbocycles. The smallest absolute Gasteiger partial charge is 0.119 e. The zero-order valence-electron chi connectivity index (χ0n) is 43.9. The van der Waals surface area contributed by atoms with Crippen molar-refractivity contribution < 1.29 is 0 Å². The summed E-state index contributed by atoms with van der Waals surface area (Å²) in [5, 5.41) is 18.9. The van der Waals surface area contributed by atoms with Gasteiger partial charge in [-0.25, -0.2) is 0 Å². The van der Waals surface area contributed by atoms with Crippen LogP contribution in [0.1, 0.15) is 65.2 Å². The lowest BCUT2D eigenvalue weighted by Crippen LogP contribution is -2.55. The van der Waals surface area contributed by atoms with Crippen molar-refractivity contribution in [2.75, 3.05) is 0 Å². The fourth-order valence-corrected chi connectivity index (χ4v) is 19.7. The average Bonchev–Trinajstić information content (AvgIpc) is 4.09.